The van der Waals surface area contributed by atoms with Gasteiger partial charge in [-0.15, -0.1) is 0 Å². The molecule has 0 bridgehead atoms. The molecule has 3 aromatic rings. The lowest BCUT2D eigenvalue weighted by Crippen LogP contribution is -2.05. The summed E-state index contributed by atoms with van der Waals surface area (Å²) in [5, 5.41) is 1.66. The number of hydrogen-bond acceptors (Lipinski definition) is 5. The van der Waals surface area contributed by atoms with Gasteiger partial charge in [0.25, 0.3) is 0 Å². The van der Waals surface area contributed by atoms with E-state index in [0.717, 1.165) is 34.1 Å². The molecule has 0 saturated carbocycles. The molecule has 0 unspecified atom stereocenters. The molecule has 0 spiro atoms. The molecule has 2 aromatic carbocycles. The minimum Gasteiger partial charge on any atom is -0.493 e. The quantitative estimate of drug-likeness (QED) is 0.579. The number of aldehydes is 1. The Balaban J connectivity index is 2.08. The summed E-state index contributed by atoms with van der Waals surface area (Å²) < 4.78 is 16.6. The van der Waals surface area contributed by atoms with Gasteiger partial charge in [0.05, 0.1) is 26.0 Å². The first-order valence-corrected chi connectivity index (χ1v) is 8.80. The highest BCUT2D eigenvalue weighted by Gasteiger charge is 2.14. The van der Waals surface area contributed by atoms with Crippen LogP contribution in [0.4, 0.5) is 0 Å². The number of fused-ring (bicyclic) bond motifs is 1. The van der Waals surface area contributed by atoms with E-state index < -0.39 is 0 Å². The third-order valence-electron chi connectivity index (χ3n) is 4.27. The van der Waals surface area contributed by atoms with E-state index in [1.807, 2.05) is 50.2 Å². The number of ether oxygens (including phenoxy) is 3. The number of nitrogens with zero attached hydrogens (tertiary/aromatic N) is 1. The Morgan fingerprint density at radius 2 is 1.74 bits per heavy atom. The second-order valence-electron chi connectivity index (χ2n) is 6.52. The van der Waals surface area contributed by atoms with Crippen LogP contribution in [0, 0.1) is 0 Å². The zero-order chi connectivity index (χ0) is 19.4. The Bertz CT molecular complexity index is 966. The van der Waals surface area contributed by atoms with Gasteiger partial charge in [0, 0.05) is 23.6 Å². The van der Waals surface area contributed by atoms with E-state index in [9.17, 15) is 4.79 Å². The fourth-order valence-corrected chi connectivity index (χ4v) is 3.07. The van der Waals surface area contributed by atoms with Crippen LogP contribution in [-0.4, -0.2) is 31.6 Å². The summed E-state index contributed by atoms with van der Waals surface area (Å²) in [5.41, 5.74) is 2.46. The molecule has 5 nitrogen and oxygen atoms in total. The van der Waals surface area contributed by atoms with Crippen LogP contribution in [0.15, 0.2) is 42.6 Å². The van der Waals surface area contributed by atoms with E-state index in [-0.39, 0.29) is 6.10 Å². The summed E-state index contributed by atoms with van der Waals surface area (Å²) in [5.74, 6) is 2.01. The molecular weight excluding hydrogens is 342 g/mol. The van der Waals surface area contributed by atoms with Crippen LogP contribution < -0.4 is 14.2 Å². The first-order valence-electron chi connectivity index (χ1n) is 8.80. The van der Waals surface area contributed by atoms with Gasteiger partial charge in [-0.25, -0.2) is 0 Å². The molecule has 0 aliphatic carbocycles. The summed E-state index contributed by atoms with van der Waals surface area (Å²) in [6.45, 7) is 4.00. The molecule has 3 rings (SSSR count). The van der Waals surface area contributed by atoms with Crippen molar-refractivity contribution in [3.05, 3.63) is 59.4 Å². The molecule has 0 aliphatic rings. The summed E-state index contributed by atoms with van der Waals surface area (Å²) in [7, 11) is 3.17. The summed E-state index contributed by atoms with van der Waals surface area (Å²) in [6, 6.07) is 11.7. The Labute approximate surface area is 158 Å². The maximum atomic E-state index is 11.5. The number of carbonyl (C=O) groups excluding carboxylic acids is 1. The summed E-state index contributed by atoms with van der Waals surface area (Å²) >= 11 is 0. The molecule has 0 N–H and O–H groups in total. The van der Waals surface area contributed by atoms with Gasteiger partial charge in [-0.05, 0) is 49.1 Å². The van der Waals surface area contributed by atoms with Crippen molar-refractivity contribution < 1.29 is 19.0 Å². The zero-order valence-electron chi connectivity index (χ0n) is 16.0. The normalized spacial score (nSPS) is 10.9. The maximum absolute atomic E-state index is 11.5. The van der Waals surface area contributed by atoms with Gasteiger partial charge in [-0.1, -0.05) is 12.1 Å². The van der Waals surface area contributed by atoms with Crippen LogP contribution in [0.25, 0.3) is 10.8 Å². The molecule has 27 heavy (non-hydrogen) atoms. The maximum Gasteiger partial charge on any atom is 0.161 e. The Hall–Kier alpha value is -3.08. The molecule has 1 aromatic heterocycles. The van der Waals surface area contributed by atoms with E-state index in [1.165, 1.54) is 0 Å². The fourth-order valence-electron chi connectivity index (χ4n) is 3.07. The van der Waals surface area contributed by atoms with Crippen molar-refractivity contribution in [2.75, 3.05) is 14.2 Å². The molecule has 0 saturated heterocycles. The van der Waals surface area contributed by atoms with Gasteiger partial charge in [0.1, 0.15) is 5.75 Å². The second kappa shape index (κ2) is 8.08. The zero-order valence-corrected chi connectivity index (χ0v) is 16.0. The van der Waals surface area contributed by atoms with Gasteiger partial charge in [0.15, 0.2) is 17.8 Å². The molecule has 0 radical (unpaired) electrons. The van der Waals surface area contributed by atoms with Crippen molar-refractivity contribution in [3.63, 3.8) is 0 Å². The van der Waals surface area contributed by atoms with Crippen LogP contribution in [0.1, 0.15) is 35.5 Å². The van der Waals surface area contributed by atoms with Crippen LogP contribution in [0.5, 0.6) is 17.2 Å². The highest BCUT2D eigenvalue weighted by Crippen LogP contribution is 2.35. The molecule has 0 aliphatic heterocycles. The van der Waals surface area contributed by atoms with Crippen molar-refractivity contribution in [3.8, 4) is 17.2 Å². The monoisotopic (exact) mass is 365 g/mol. The first kappa shape index (κ1) is 18.7. The highest BCUT2D eigenvalue weighted by atomic mass is 16.5. The van der Waals surface area contributed by atoms with Crippen molar-refractivity contribution >= 4 is 17.1 Å². The predicted molar refractivity (Wildman–Crippen MR) is 105 cm³/mol. The summed E-state index contributed by atoms with van der Waals surface area (Å²) in [4.78, 5) is 16.0. The Morgan fingerprint density at radius 1 is 1.04 bits per heavy atom. The van der Waals surface area contributed by atoms with E-state index in [1.54, 1.807) is 20.4 Å². The van der Waals surface area contributed by atoms with Crippen molar-refractivity contribution in [2.45, 2.75) is 26.4 Å². The molecule has 0 fully saturated rings. The van der Waals surface area contributed by atoms with Gasteiger partial charge in [0.2, 0.25) is 0 Å². The van der Waals surface area contributed by atoms with Crippen molar-refractivity contribution in [1.82, 2.24) is 4.98 Å². The lowest BCUT2D eigenvalue weighted by Gasteiger charge is -2.14. The molecule has 5 heteroatoms. The van der Waals surface area contributed by atoms with Gasteiger partial charge in [-0.2, -0.15) is 0 Å². The van der Waals surface area contributed by atoms with Crippen LogP contribution >= 0.6 is 0 Å². The lowest BCUT2D eigenvalue weighted by atomic mass is 10.00. The topological polar surface area (TPSA) is 57.7 Å². The third kappa shape index (κ3) is 4.03. The molecule has 140 valence electrons. The molecule has 0 amide bonds. The fraction of sp³-hybridized carbons (Fsp3) is 0.273. The minimum absolute atomic E-state index is 0.114. The Morgan fingerprint density at radius 3 is 2.37 bits per heavy atom. The van der Waals surface area contributed by atoms with E-state index in [4.69, 9.17) is 14.2 Å². The van der Waals surface area contributed by atoms with Gasteiger partial charge < -0.3 is 14.2 Å². The average Bonchev–Trinajstić information content (AvgIpc) is 2.67. The third-order valence-corrected chi connectivity index (χ3v) is 4.27. The smallest absolute Gasteiger partial charge is 0.161 e. The highest BCUT2D eigenvalue weighted by molar-refractivity contribution is 6.00. The first-order chi connectivity index (χ1) is 13.0. The molecule has 0 atom stereocenters. The number of methoxy groups -OCH3 is 2. The van der Waals surface area contributed by atoms with Crippen molar-refractivity contribution in [1.29, 1.82) is 0 Å². The summed E-state index contributed by atoms with van der Waals surface area (Å²) in [6.07, 6.45) is 3.14. The van der Waals surface area contributed by atoms with E-state index in [2.05, 4.69) is 4.98 Å². The van der Waals surface area contributed by atoms with Crippen LogP contribution in [0.3, 0.4) is 0 Å². The van der Waals surface area contributed by atoms with Crippen molar-refractivity contribution in [2.24, 2.45) is 0 Å². The standard InChI is InChI=1S/C22H23NO4/c1-14(2)27-17-7-5-6-15(8-17)9-20-19-11-22(26-4)21(25-3)10-18(19)16(13-24)12-23-20/h5-8,10-14H,9H2,1-4H3. The number of carbonyl (C=O) groups is 1. The largest absolute Gasteiger partial charge is 0.493 e. The lowest BCUT2D eigenvalue weighted by molar-refractivity contribution is 0.112. The van der Waals surface area contributed by atoms with E-state index >= 15 is 0 Å². The SMILES string of the molecule is COc1cc2c(C=O)cnc(Cc3cccc(OC(C)C)c3)c2cc1OC. The van der Waals surface area contributed by atoms with Crippen LogP contribution in [-0.2, 0) is 6.42 Å². The number of hydrogen-bond donors (Lipinski definition) is 0. The predicted octanol–water partition coefficient (Wildman–Crippen LogP) is 4.44. The van der Waals surface area contributed by atoms with Gasteiger partial charge >= 0.3 is 0 Å². The minimum atomic E-state index is 0.114. The average molecular weight is 365 g/mol. The molecule has 1 heterocycles. The number of rotatable bonds is 7. The molecular formula is C22H23NO4. The van der Waals surface area contributed by atoms with E-state index in [0.29, 0.717) is 23.5 Å². The Kier molecular flexibility index (Phi) is 5.60. The second-order valence-corrected chi connectivity index (χ2v) is 6.52. The van der Waals surface area contributed by atoms with Gasteiger partial charge in [-0.3, -0.25) is 9.78 Å². The number of pyridine rings is 1. The number of benzene rings is 2. The van der Waals surface area contributed by atoms with Crippen LogP contribution in [0.2, 0.25) is 0 Å². The number of aromatic nitrogens is 1.